The monoisotopic (exact) mass is 432 g/mol. The van der Waals surface area contributed by atoms with Crippen LogP contribution in [0.5, 0.6) is 5.75 Å². The Hall–Kier alpha value is -3.18. The number of carbonyl (C=O) groups is 1. The molecule has 1 fully saturated rings. The average molecular weight is 433 g/mol. The number of rotatable bonds is 7. The summed E-state index contributed by atoms with van der Waals surface area (Å²) in [5, 5.41) is 3.18. The number of methoxy groups -OCH3 is 1. The largest absolute Gasteiger partial charge is 0.494 e. The van der Waals surface area contributed by atoms with Crippen molar-refractivity contribution < 1.29 is 13.9 Å². The van der Waals surface area contributed by atoms with Crippen molar-refractivity contribution in [2.24, 2.45) is 0 Å². The summed E-state index contributed by atoms with van der Waals surface area (Å²) in [6.45, 7) is 2.46. The lowest BCUT2D eigenvalue weighted by Gasteiger charge is -2.32. The molecular formula is C27H29FN2O2. The molecule has 3 aromatic carbocycles. The number of amides is 1. The van der Waals surface area contributed by atoms with Gasteiger partial charge in [-0.05, 0) is 47.2 Å². The molecular weight excluding hydrogens is 403 g/mol. The summed E-state index contributed by atoms with van der Waals surface area (Å²) in [6.07, 6.45) is 2.19. The molecule has 1 amide bonds. The van der Waals surface area contributed by atoms with Crippen LogP contribution in [0.2, 0.25) is 0 Å². The van der Waals surface area contributed by atoms with Crippen molar-refractivity contribution in [3.63, 3.8) is 0 Å². The minimum absolute atomic E-state index is 0.0631. The van der Waals surface area contributed by atoms with E-state index in [0.29, 0.717) is 13.0 Å². The lowest BCUT2D eigenvalue weighted by molar-refractivity contribution is -0.121. The highest BCUT2D eigenvalue weighted by Crippen LogP contribution is 2.21. The Labute approximate surface area is 189 Å². The standard InChI is InChI=1S/C27H29FN2O2/c1-32-26-12-9-21(17-25(26)28)19-30-15-13-24(14-16-30)29-27(31)18-20-7-10-23(11-8-20)22-5-3-2-4-6-22/h2-12,17,24H,13-16,18-19H2,1H3,(H,29,31). The van der Waals surface area contributed by atoms with Crippen LogP contribution in [0.15, 0.2) is 72.8 Å². The molecule has 0 aromatic heterocycles. The van der Waals surface area contributed by atoms with Crippen molar-refractivity contribution >= 4 is 5.91 Å². The molecule has 0 unspecified atom stereocenters. The van der Waals surface area contributed by atoms with E-state index in [9.17, 15) is 9.18 Å². The van der Waals surface area contributed by atoms with Gasteiger partial charge in [0, 0.05) is 25.7 Å². The highest BCUT2D eigenvalue weighted by Gasteiger charge is 2.21. The predicted molar refractivity (Wildman–Crippen MR) is 125 cm³/mol. The zero-order chi connectivity index (χ0) is 22.3. The van der Waals surface area contributed by atoms with Crippen LogP contribution in [0.1, 0.15) is 24.0 Å². The smallest absolute Gasteiger partial charge is 0.224 e. The number of ether oxygens (including phenoxy) is 1. The first kappa shape index (κ1) is 22.0. The summed E-state index contributed by atoms with van der Waals surface area (Å²) in [6, 6.07) is 23.7. The third-order valence-electron chi connectivity index (χ3n) is 6.00. The summed E-state index contributed by atoms with van der Waals surface area (Å²) >= 11 is 0. The van der Waals surface area contributed by atoms with Gasteiger partial charge in [-0.25, -0.2) is 4.39 Å². The first-order chi connectivity index (χ1) is 15.6. The average Bonchev–Trinajstić information content (AvgIpc) is 2.81. The Balaban J connectivity index is 1.23. The zero-order valence-corrected chi connectivity index (χ0v) is 18.4. The fraction of sp³-hybridized carbons (Fsp3) is 0.296. The normalized spacial score (nSPS) is 14.8. The molecule has 1 N–H and O–H groups in total. The highest BCUT2D eigenvalue weighted by atomic mass is 19.1. The van der Waals surface area contributed by atoms with Gasteiger partial charge in [-0.1, -0.05) is 60.7 Å². The second-order valence-electron chi connectivity index (χ2n) is 8.33. The molecule has 1 aliphatic rings. The second kappa shape index (κ2) is 10.4. The Kier molecular flexibility index (Phi) is 7.17. The van der Waals surface area contributed by atoms with E-state index in [2.05, 4.69) is 34.5 Å². The van der Waals surface area contributed by atoms with Crippen molar-refractivity contribution in [2.75, 3.05) is 20.2 Å². The maximum absolute atomic E-state index is 13.9. The molecule has 4 nitrogen and oxygen atoms in total. The maximum atomic E-state index is 13.9. The molecule has 0 atom stereocenters. The zero-order valence-electron chi connectivity index (χ0n) is 18.4. The molecule has 5 heteroatoms. The molecule has 1 aliphatic heterocycles. The summed E-state index contributed by atoms with van der Waals surface area (Å²) in [5.41, 5.74) is 4.28. The topological polar surface area (TPSA) is 41.6 Å². The van der Waals surface area contributed by atoms with E-state index >= 15 is 0 Å². The lowest BCUT2D eigenvalue weighted by atomic mass is 10.0. The van der Waals surface area contributed by atoms with E-state index in [1.54, 1.807) is 6.07 Å². The third-order valence-corrected chi connectivity index (χ3v) is 6.00. The Morgan fingerprint density at radius 1 is 0.969 bits per heavy atom. The second-order valence-corrected chi connectivity index (χ2v) is 8.33. The van der Waals surface area contributed by atoms with E-state index in [-0.39, 0.29) is 23.5 Å². The molecule has 166 valence electrons. The van der Waals surface area contributed by atoms with Gasteiger partial charge in [0.25, 0.3) is 0 Å². The van der Waals surface area contributed by atoms with Crippen molar-refractivity contribution in [1.29, 1.82) is 0 Å². The van der Waals surface area contributed by atoms with Crippen LogP contribution in [0.3, 0.4) is 0 Å². The number of hydrogen-bond donors (Lipinski definition) is 1. The van der Waals surface area contributed by atoms with E-state index in [0.717, 1.165) is 42.6 Å². The van der Waals surface area contributed by atoms with Crippen molar-refractivity contribution in [1.82, 2.24) is 10.2 Å². The van der Waals surface area contributed by atoms with Crippen LogP contribution in [0, 0.1) is 5.82 Å². The minimum atomic E-state index is -0.330. The van der Waals surface area contributed by atoms with Crippen molar-refractivity contribution in [3.05, 3.63) is 89.7 Å². The SMILES string of the molecule is COc1ccc(CN2CCC(NC(=O)Cc3ccc(-c4ccccc4)cc3)CC2)cc1F. The number of likely N-dealkylation sites (tertiary alicyclic amines) is 1. The molecule has 0 saturated carbocycles. The fourth-order valence-electron chi connectivity index (χ4n) is 4.21. The Bertz CT molecular complexity index is 1030. The Morgan fingerprint density at radius 3 is 2.28 bits per heavy atom. The van der Waals surface area contributed by atoms with Crippen molar-refractivity contribution in [3.8, 4) is 16.9 Å². The quantitative estimate of drug-likeness (QED) is 0.582. The molecule has 0 aliphatic carbocycles. The summed E-state index contributed by atoms with van der Waals surface area (Å²) in [7, 11) is 1.47. The third kappa shape index (κ3) is 5.74. The fourth-order valence-corrected chi connectivity index (χ4v) is 4.21. The molecule has 0 spiro atoms. The first-order valence-corrected chi connectivity index (χ1v) is 11.1. The van der Waals surface area contributed by atoms with Crippen LogP contribution in [-0.4, -0.2) is 37.0 Å². The van der Waals surface area contributed by atoms with Crippen LogP contribution in [0.4, 0.5) is 4.39 Å². The van der Waals surface area contributed by atoms with Gasteiger partial charge in [0.2, 0.25) is 5.91 Å². The first-order valence-electron chi connectivity index (χ1n) is 11.1. The van der Waals surface area contributed by atoms with Crippen LogP contribution in [0.25, 0.3) is 11.1 Å². The molecule has 0 radical (unpaired) electrons. The highest BCUT2D eigenvalue weighted by molar-refractivity contribution is 5.79. The number of carbonyl (C=O) groups excluding carboxylic acids is 1. The summed E-state index contributed by atoms with van der Waals surface area (Å²) in [5.74, 6) is 0.00182. The van der Waals surface area contributed by atoms with Gasteiger partial charge in [-0.3, -0.25) is 9.69 Å². The van der Waals surface area contributed by atoms with Gasteiger partial charge in [0.15, 0.2) is 11.6 Å². The molecule has 4 rings (SSSR count). The summed E-state index contributed by atoms with van der Waals surface area (Å²) in [4.78, 5) is 14.8. The number of piperidine rings is 1. The van der Waals surface area contributed by atoms with E-state index in [1.807, 2.05) is 36.4 Å². The minimum Gasteiger partial charge on any atom is -0.494 e. The number of nitrogens with zero attached hydrogens (tertiary/aromatic N) is 1. The summed E-state index contributed by atoms with van der Waals surface area (Å²) < 4.78 is 18.9. The maximum Gasteiger partial charge on any atom is 0.224 e. The van der Waals surface area contributed by atoms with Gasteiger partial charge in [0.05, 0.1) is 13.5 Å². The number of nitrogens with one attached hydrogen (secondary N) is 1. The van der Waals surface area contributed by atoms with E-state index in [4.69, 9.17) is 4.74 Å². The Morgan fingerprint density at radius 2 is 1.62 bits per heavy atom. The molecule has 32 heavy (non-hydrogen) atoms. The van der Waals surface area contributed by atoms with Crippen LogP contribution in [-0.2, 0) is 17.8 Å². The van der Waals surface area contributed by atoms with E-state index < -0.39 is 0 Å². The van der Waals surface area contributed by atoms with Gasteiger partial charge in [-0.2, -0.15) is 0 Å². The van der Waals surface area contributed by atoms with Gasteiger partial charge < -0.3 is 10.1 Å². The van der Waals surface area contributed by atoms with Crippen LogP contribution < -0.4 is 10.1 Å². The molecule has 1 saturated heterocycles. The van der Waals surface area contributed by atoms with Crippen LogP contribution >= 0.6 is 0 Å². The van der Waals surface area contributed by atoms with Gasteiger partial charge in [-0.15, -0.1) is 0 Å². The van der Waals surface area contributed by atoms with E-state index in [1.165, 1.54) is 18.7 Å². The van der Waals surface area contributed by atoms with Gasteiger partial charge >= 0.3 is 0 Å². The molecule has 0 bridgehead atoms. The number of hydrogen-bond acceptors (Lipinski definition) is 3. The number of halogens is 1. The predicted octanol–water partition coefficient (Wildman–Crippen LogP) is 4.82. The lowest BCUT2D eigenvalue weighted by Crippen LogP contribution is -2.44. The van der Waals surface area contributed by atoms with Gasteiger partial charge in [0.1, 0.15) is 0 Å². The number of benzene rings is 3. The molecule has 1 heterocycles. The van der Waals surface area contributed by atoms with Crippen molar-refractivity contribution in [2.45, 2.75) is 31.8 Å². The molecule has 3 aromatic rings.